The lowest BCUT2D eigenvalue weighted by Crippen LogP contribution is -2.44. The zero-order valence-electron chi connectivity index (χ0n) is 11.5. The lowest BCUT2D eigenvalue weighted by molar-refractivity contribution is 0.0882. The average Bonchev–Trinajstić information content (AvgIpc) is 2.41. The number of nitrogens with one attached hydrogen (secondary N) is 1. The summed E-state index contributed by atoms with van der Waals surface area (Å²) in [6.45, 7) is 4.40. The molecule has 19 heavy (non-hydrogen) atoms. The van der Waals surface area contributed by atoms with Crippen LogP contribution in [0.15, 0.2) is 18.3 Å². The molecule has 1 N–H and O–H groups in total. The summed E-state index contributed by atoms with van der Waals surface area (Å²) in [5.41, 5.74) is 0.346. The van der Waals surface area contributed by atoms with Gasteiger partial charge in [0.1, 0.15) is 0 Å². The standard InChI is InChI=1S/C15H21FN2O/c1-3-11-5-4-6-13(10(11)2)18-15(19)12-7-8-17-14(16)9-12/h7-11,13H,3-6H2,1-2H3,(H,18,19)/t10-,11?,13-/m1/s1. The van der Waals surface area contributed by atoms with E-state index in [-0.39, 0.29) is 11.9 Å². The minimum absolute atomic E-state index is 0.197. The van der Waals surface area contributed by atoms with Crippen LogP contribution in [0.25, 0.3) is 0 Å². The van der Waals surface area contributed by atoms with Crippen molar-refractivity contribution in [2.75, 3.05) is 0 Å². The van der Waals surface area contributed by atoms with E-state index in [2.05, 4.69) is 24.1 Å². The first kappa shape index (κ1) is 14.0. The number of hydrogen-bond donors (Lipinski definition) is 1. The third-order valence-corrected chi connectivity index (χ3v) is 4.30. The van der Waals surface area contributed by atoms with Crippen molar-refractivity contribution in [3.05, 3.63) is 29.8 Å². The first-order chi connectivity index (χ1) is 9.11. The Balaban J connectivity index is 2.02. The van der Waals surface area contributed by atoms with Crippen LogP contribution < -0.4 is 5.32 Å². The number of aromatic nitrogens is 1. The van der Waals surface area contributed by atoms with E-state index < -0.39 is 5.95 Å². The number of hydrogen-bond acceptors (Lipinski definition) is 2. The van der Waals surface area contributed by atoms with Crippen molar-refractivity contribution in [1.82, 2.24) is 10.3 Å². The molecule has 1 aliphatic carbocycles. The van der Waals surface area contributed by atoms with Crippen LogP contribution in [0.5, 0.6) is 0 Å². The zero-order chi connectivity index (χ0) is 13.8. The fraction of sp³-hybridized carbons (Fsp3) is 0.600. The highest BCUT2D eigenvalue weighted by molar-refractivity contribution is 5.94. The molecule has 1 aliphatic rings. The van der Waals surface area contributed by atoms with Gasteiger partial charge in [0.25, 0.3) is 5.91 Å². The van der Waals surface area contributed by atoms with Gasteiger partial charge in [-0.2, -0.15) is 4.39 Å². The van der Waals surface area contributed by atoms with Gasteiger partial charge in [-0.1, -0.05) is 33.1 Å². The highest BCUT2D eigenvalue weighted by Crippen LogP contribution is 2.32. The van der Waals surface area contributed by atoms with E-state index in [4.69, 9.17) is 0 Å². The molecule has 4 heteroatoms. The van der Waals surface area contributed by atoms with Crippen LogP contribution in [0.4, 0.5) is 4.39 Å². The Morgan fingerprint density at radius 2 is 2.32 bits per heavy atom. The van der Waals surface area contributed by atoms with Crippen molar-refractivity contribution in [2.24, 2.45) is 11.8 Å². The van der Waals surface area contributed by atoms with Gasteiger partial charge in [-0.25, -0.2) is 4.98 Å². The van der Waals surface area contributed by atoms with Crippen molar-refractivity contribution < 1.29 is 9.18 Å². The van der Waals surface area contributed by atoms with Crippen molar-refractivity contribution in [3.8, 4) is 0 Å². The Labute approximate surface area is 113 Å². The molecule has 3 nitrogen and oxygen atoms in total. The molecule has 0 bridgehead atoms. The van der Waals surface area contributed by atoms with Crippen LogP contribution in [-0.4, -0.2) is 16.9 Å². The predicted octanol–water partition coefficient (Wildman–Crippen LogP) is 3.17. The number of nitrogens with zero attached hydrogens (tertiary/aromatic N) is 1. The van der Waals surface area contributed by atoms with Crippen LogP contribution in [-0.2, 0) is 0 Å². The van der Waals surface area contributed by atoms with E-state index in [0.717, 1.165) is 19.3 Å². The molecule has 1 aromatic rings. The Kier molecular flexibility index (Phi) is 4.51. The summed E-state index contributed by atoms with van der Waals surface area (Å²) < 4.78 is 13.0. The fourth-order valence-corrected chi connectivity index (χ4v) is 3.03. The molecule has 0 spiro atoms. The third kappa shape index (κ3) is 3.31. The number of halogens is 1. The molecular formula is C15H21FN2O. The minimum atomic E-state index is -0.615. The quantitative estimate of drug-likeness (QED) is 0.852. The molecule has 2 rings (SSSR count). The van der Waals surface area contributed by atoms with E-state index in [9.17, 15) is 9.18 Å². The molecule has 1 heterocycles. The Bertz CT molecular complexity index is 450. The number of rotatable bonds is 3. The number of amides is 1. The molecule has 1 saturated carbocycles. The molecule has 3 atom stereocenters. The van der Waals surface area contributed by atoms with E-state index in [1.165, 1.54) is 18.7 Å². The molecule has 0 radical (unpaired) electrons. The van der Waals surface area contributed by atoms with E-state index >= 15 is 0 Å². The summed E-state index contributed by atoms with van der Waals surface area (Å²) in [6, 6.07) is 2.92. The fourth-order valence-electron chi connectivity index (χ4n) is 3.03. The van der Waals surface area contributed by atoms with Gasteiger partial charge in [-0.05, 0) is 24.3 Å². The average molecular weight is 264 g/mol. The number of carbonyl (C=O) groups is 1. The minimum Gasteiger partial charge on any atom is -0.349 e. The monoisotopic (exact) mass is 264 g/mol. The van der Waals surface area contributed by atoms with Gasteiger partial charge in [-0.3, -0.25) is 4.79 Å². The van der Waals surface area contributed by atoms with Crippen LogP contribution >= 0.6 is 0 Å². The van der Waals surface area contributed by atoms with Gasteiger partial charge in [0, 0.05) is 23.9 Å². The number of carbonyl (C=O) groups excluding carboxylic acids is 1. The molecule has 1 fully saturated rings. The van der Waals surface area contributed by atoms with Crippen molar-refractivity contribution in [3.63, 3.8) is 0 Å². The second-order valence-corrected chi connectivity index (χ2v) is 5.41. The zero-order valence-corrected chi connectivity index (χ0v) is 11.5. The molecule has 1 aromatic heterocycles. The highest BCUT2D eigenvalue weighted by atomic mass is 19.1. The summed E-state index contributed by atoms with van der Waals surface area (Å²) in [6.07, 6.45) is 5.88. The maximum Gasteiger partial charge on any atom is 0.251 e. The van der Waals surface area contributed by atoms with Gasteiger partial charge in [0.15, 0.2) is 0 Å². The number of pyridine rings is 1. The summed E-state index contributed by atoms with van der Waals surface area (Å²) in [5.74, 6) is 0.341. The van der Waals surface area contributed by atoms with E-state index in [0.29, 0.717) is 17.4 Å². The molecule has 0 aromatic carbocycles. The van der Waals surface area contributed by atoms with Crippen LogP contribution in [0.2, 0.25) is 0 Å². The molecule has 0 saturated heterocycles. The first-order valence-corrected chi connectivity index (χ1v) is 7.04. The molecule has 1 amide bonds. The maximum absolute atomic E-state index is 13.0. The van der Waals surface area contributed by atoms with Gasteiger partial charge in [-0.15, -0.1) is 0 Å². The van der Waals surface area contributed by atoms with E-state index in [1.807, 2.05) is 0 Å². The maximum atomic E-state index is 13.0. The molecule has 0 aliphatic heterocycles. The summed E-state index contributed by atoms with van der Waals surface area (Å²) in [7, 11) is 0. The van der Waals surface area contributed by atoms with Crippen molar-refractivity contribution in [2.45, 2.75) is 45.6 Å². The van der Waals surface area contributed by atoms with Gasteiger partial charge < -0.3 is 5.32 Å². The summed E-state index contributed by atoms with van der Waals surface area (Å²) in [5, 5.41) is 3.04. The third-order valence-electron chi connectivity index (χ3n) is 4.30. The first-order valence-electron chi connectivity index (χ1n) is 7.04. The largest absolute Gasteiger partial charge is 0.349 e. The summed E-state index contributed by atoms with van der Waals surface area (Å²) in [4.78, 5) is 15.6. The normalized spacial score (nSPS) is 27.0. The topological polar surface area (TPSA) is 42.0 Å². The van der Waals surface area contributed by atoms with Gasteiger partial charge in [0.05, 0.1) is 0 Å². The predicted molar refractivity (Wildman–Crippen MR) is 72.2 cm³/mol. The van der Waals surface area contributed by atoms with Crippen LogP contribution in [0, 0.1) is 17.8 Å². The smallest absolute Gasteiger partial charge is 0.251 e. The molecular weight excluding hydrogens is 243 g/mol. The van der Waals surface area contributed by atoms with Gasteiger partial charge in [0.2, 0.25) is 5.95 Å². The van der Waals surface area contributed by atoms with E-state index in [1.54, 1.807) is 6.07 Å². The van der Waals surface area contributed by atoms with Crippen molar-refractivity contribution >= 4 is 5.91 Å². The van der Waals surface area contributed by atoms with Crippen LogP contribution in [0.3, 0.4) is 0 Å². The molecule has 104 valence electrons. The molecule has 1 unspecified atom stereocenters. The lowest BCUT2D eigenvalue weighted by Gasteiger charge is -2.36. The Morgan fingerprint density at radius 1 is 1.53 bits per heavy atom. The van der Waals surface area contributed by atoms with Crippen LogP contribution in [0.1, 0.15) is 49.9 Å². The second kappa shape index (κ2) is 6.13. The lowest BCUT2D eigenvalue weighted by atomic mass is 9.75. The highest BCUT2D eigenvalue weighted by Gasteiger charge is 2.29. The Morgan fingerprint density at radius 3 is 3.00 bits per heavy atom. The van der Waals surface area contributed by atoms with Crippen molar-refractivity contribution in [1.29, 1.82) is 0 Å². The SMILES string of the molecule is CCC1CCC[C@@H](NC(=O)c2ccnc(F)c2)[C@@H]1C. The van der Waals surface area contributed by atoms with Gasteiger partial charge >= 0.3 is 0 Å². The Hall–Kier alpha value is -1.45. The second-order valence-electron chi connectivity index (χ2n) is 5.41. The summed E-state index contributed by atoms with van der Waals surface area (Å²) >= 11 is 0.